The molecule has 82 valence electrons. The molecule has 1 aromatic rings. The maximum Gasteiger partial charge on any atom is 0.123 e. The molecule has 0 amide bonds. The lowest BCUT2D eigenvalue weighted by Gasteiger charge is -2.07. The number of hydrogen-bond donors (Lipinski definition) is 1. The standard InChI is InChI=1S/C13H13FN2/c1-9-7-13(15-8-9)10(2)16-12-5-3-11(14)4-6-12/h3-7,16H,2,8H2,1H3. The van der Waals surface area contributed by atoms with Gasteiger partial charge in [0.05, 0.1) is 18.0 Å². The molecule has 0 bridgehead atoms. The molecule has 0 unspecified atom stereocenters. The van der Waals surface area contributed by atoms with E-state index in [1.165, 1.54) is 17.7 Å². The Balaban J connectivity index is 2.06. The lowest BCUT2D eigenvalue weighted by molar-refractivity contribution is 0.628. The van der Waals surface area contributed by atoms with Gasteiger partial charge in [0, 0.05) is 5.69 Å². The highest BCUT2D eigenvalue weighted by Gasteiger charge is 2.08. The molecule has 0 radical (unpaired) electrons. The molecule has 0 aromatic heterocycles. The van der Waals surface area contributed by atoms with Crippen LogP contribution in [0.1, 0.15) is 6.92 Å². The Hall–Kier alpha value is -1.90. The number of allylic oxidation sites excluding steroid dienone is 1. The van der Waals surface area contributed by atoms with Gasteiger partial charge >= 0.3 is 0 Å². The van der Waals surface area contributed by atoms with E-state index in [-0.39, 0.29) is 5.82 Å². The maximum atomic E-state index is 12.7. The molecule has 16 heavy (non-hydrogen) atoms. The van der Waals surface area contributed by atoms with Crippen molar-refractivity contribution >= 4 is 11.4 Å². The summed E-state index contributed by atoms with van der Waals surface area (Å²) in [5.41, 5.74) is 3.63. The summed E-state index contributed by atoms with van der Waals surface area (Å²) in [6.45, 7) is 6.67. The molecule has 0 spiro atoms. The van der Waals surface area contributed by atoms with E-state index >= 15 is 0 Å². The van der Waals surface area contributed by atoms with Crippen molar-refractivity contribution in [1.82, 2.24) is 0 Å². The minimum Gasteiger partial charge on any atom is -0.354 e. The fraction of sp³-hybridized carbons (Fsp3) is 0.154. The molecule has 2 nitrogen and oxygen atoms in total. The molecule has 1 aliphatic heterocycles. The largest absolute Gasteiger partial charge is 0.354 e. The van der Waals surface area contributed by atoms with Gasteiger partial charge in [-0.2, -0.15) is 0 Å². The van der Waals surface area contributed by atoms with Gasteiger partial charge < -0.3 is 5.32 Å². The van der Waals surface area contributed by atoms with Gasteiger partial charge in [0.15, 0.2) is 0 Å². The first-order chi connectivity index (χ1) is 7.65. The third-order valence-corrected chi connectivity index (χ3v) is 2.33. The molecule has 0 saturated carbocycles. The van der Waals surface area contributed by atoms with E-state index in [1.807, 2.05) is 13.0 Å². The van der Waals surface area contributed by atoms with Gasteiger partial charge in [-0.15, -0.1) is 0 Å². The maximum absolute atomic E-state index is 12.7. The Morgan fingerprint density at radius 1 is 1.38 bits per heavy atom. The van der Waals surface area contributed by atoms with Crippen LogP contribution in [0, 0.1) is 5.82 Å². The zero-order valence-corrected chi connectivity index (χ0v) is 9.13. The summed E-state index contributed by atoms with van der Waals surface area (Å²) in [4.78, 5) is 4.32. The van der Waals surface area contributed by atoms with Gasteiger partial charge in [-0.05, 0) is 42.8 Å². The van der Waals surface area contributed by atoms with E-state index < -0.39 is 0 Å². The Bertz CT molecular complexity index is 469. The van der Waals surface area contributed by atoms with Crippen LogP contribution in [0.4, 0.5) is 10.1 Å². The van der Waals surface area contributed by atoms with Gasteiger partial charge in [-0.25, -0.2) is 4.39 Å². The van der Waals surface area contributed by atoms with Crippen LogP contribution in [0.15, 0.2) is 53.2 Å². The van der Waals surface area contributed by atoms with Crippen LogP contribution >= 0.6 is 0 Å². The Kier molecular flexibility index (Phi) is 2.86. The van der Waals surface area contributed by atoms with E-state index in [4.69, 9.17) is 0 Å². The first kappa shape index (κ1) is 10.6. The molecule has 0 fully saturated rings. The summed E-state index contributed by atoms with van der Waals surface area (Å²) in [6.07, 6.45) is 2.00. The molecule has 2 rings (SSSR count). The first-order valence-corrected chi connectivity index (χ1v) is 5.08. The number of benzene rings is 1. The van der Waals surface area contributed by atoms with Crippen molar-refractivity contribution in [1.29, 1.82) is 0 Å². The van der Waals surface area contributed by atoms with E-state index in [9.17, 15) is 4.39 Å². The summed E-state index contributed by atoms with van der Waals surface area (Å²) >= 11 is 0. The second-order valence-corrected chi connectivity index (χ2v) is 3.80. The van der Waals surface area contributed by atoms with Crippen LogP contribution < -0.4 is 5.32 Å². The van der Waals surface area contributed by atoms with Gasteiger partial charge in [0.25, 0.3) is 0 Å². The van der Waals surface area contributed by atoms with E-state index in [2.05, 4.69) is 16.9 Å². The number of anilines is 1. The van der Waals surface area contributed by atoms with Crippen LogP contribution in [-0.4, -0.2) is 12.3 Å². The van der Waals surface area contributed by atoms with E-state index in [0.29, 0.717) is 0 Å². The number of halogens is 1. The summed E-state index contributed by atoms with van der Waals surface area (Å²) in [5, 5.41) is 3.10. The first-order valence-electron chi connectivity index (χ1n) is 5.08. The molecule has 1 aliphatic rings. The highest BCUT2D eigenvalue weighted by Crippen LogP contribution is 2.14. The average Bonchev–Trinajstić information content (AvgIpc) is 2.68. The molecular formula is C13H13FN2. The Morgan fingerprint density at radius 2 is 2.06 bits per heavy atom. The zero-order valence-electron chi connectivity index (χ0n) is 9.13. The molecular weight excluding hydrogens is 203 g/mol. The predicted molar refractivity (Wildman–Crippen MR) is 65.2 cm³/mol. The third kappa shape index (κ3) is 2.37. The highest BCUT2D eigenvalue weighted by molar-refractivity contribution is 6.11. The molecule has 1 aromatic carbocycles. The van der Waals surface area contributed by atoms with Crippen molar-refractivity contribution in [3.8, 4) is 0 Å². The summed E-state index contributed by atoms with van der Waals surface area (Å²) in [5.74, 6) is -0.245. The SMILES string of the molecule is C=C(Nc1ccc(F)cc1)C1=NCC(C)=C1. The number of nitrogens with one attached hydrogen (secondary N) is 1. The summed E-state index contributed by atoms with van der Waals surface area (Å²) < 4.78 is 12.7. The van der Waals surface area contributed by atoms with Crippen LogP contribution in [0.2, 0.25) is 0 Å². The average molecular weight is 216 g/mol. The zero-order chi connectivity index (χ0) is 11.5. The Labute approximate surface area is 94.2 Å². The van der Waals surface area contributed by atoms with Crippen molar-refractivity contribution in [2.45, 2.75) is 6.92 Å². The normalized spacial score (nSPS) is 14.4. The number of hydrogen-bond acceptors (Lipinski definition) is 2. The minimum absolute atomic E-state index is 0.245. The summed E-state index contributed by atoms with van der Waals surface area (Å²) in [7, 11) is 0. The lowest BCUT2D eigenvalue weighted by atomic mass is 10.2. The molecule has 0 aliphatic carbocycles. The van der Waals surface area contributed by atoms with Crippen molar-refractivity contribution in [3.63, 3.8) is 0 Å². The minimum atomic E-state index is -0.245. The van der Waals surface area contributed by atoms with Crippen molar-refractivity contribution in [2.24, 2.45) is 4.99 Å². The topological polar surface area (TPSA) is 24.4 Å². The molecule has 1 N–H and O–H groups in total. The monoisotopic (exact) mass is 216 g/mol. The van der Waals surface area contributed by atoms with E-state index in [1.54, 1.807) is 12.1 Å². The summed E-state index contributed by atoms with van der Waals surface area (Å²) in [6, 6.07) is 6.17. The molecule has 0 saturated heterocycles. The fourth-order valence-corrected chi connectivity index (χ4v) is 1.49. The number of nitrogens with zero attached hydrogens (tertiary/aromatic N) is 1. The Morgan fingerprint density at radius 3 is 2.62 bits per heavy atom. The van der Waals surface area contributed by atoms with Gasteiger partial charge in [-0.1, -0.05) is 6.58 Å². The van der Waals surface area contributed by atoms with Crippen LogP contribution in [-0.2, 0) is 0 Å². The van der Waals surface area contributed by atoms with Gasteiger partial charge in [0.2, 0.25) is 0 Å². The van der Waals surface area contributed by atoms with Crippen molar-refractivity contribution in [3.05, 3.63) is 54.0 Å². The quantitative estimate of drug-likeness (QED) is 0.824. The van der Waals surface area contributed by atoms with Crippen molar-refractivity contribution < 1.29 is 4.39 Å². The number of rotatable bonds is 3. The van der Waals surface area contributed by atoms with Gasteiger partial charge in [-0.3, -0.25) is 4.99 Å². The van der Waals surface area contributed by atoms with Crippen molar-refractivity contribution in [2.75, 3.05) is 11.9 Å². The van der Waals surface area contributed by atoms with E-state index in [0.717, 1.165) is 23.6 Å². The van der Waals surface area contributed by atoms with Gasteiger partial charge in [0.1, 0.15) is 5.82 Å². The van der Waals surface area contributed by atoms with Crippen LogP contribution in [0.5, 0.6) is 0 Å². The second kappa shape index (κ2) is 4.31. The molecule has 1 heterocycles. The van der Waals surface area contributed by atoms with Crippen LogP contribution in [0.25, 0.3) is 0 Å². The molecule has 3 heteroatoms. The second-order valence-electron chi connectivity index (χ2n) is 3.80. The lowest BCUT2D eigenvalue weighted by Crippen LogP contribution is -2.06. The smallest absolute Gasteiger partial charge is 0.123 e. The highest BCUT2D eigenvalue weighted by atomic mass is 19.1. The molecule has 0 atom stereocenters. The number of aliphatic imine (C=N–C) groups is 1. The fourth-order valence-electron chi connectivity index (χ4n) is 1.49. The van der Waals surface area contributed by atoms with Crippen LogP contribution in [0.3, 0.4) is 0 Å². The predicted octanol–water partition coefficient (Wildman–Crippen LogP) is 3.15. The third-order valence-electron chi connectivity index (χ3n) is 2.33.